The Morgan fingerprint density at radius 1 is 0.871 bits per heavy atom. The molecular formula is C26H25N3O2. The molecule has 2 amide bonds. The van der Waals surface area contributed by atoms with Gasteiger partial charge in [-0.05, 0) is 22.6 Å². The van der Waals surface area contributed by atoms with Crippen LogP contribution in [0.4, 0.5) is 0 Å². The van der Waals surface area contributed by atoms with Crippen molar-refractivity contribution in [3.05, 3.63) is 108 Å². The third-order valence-corrected chi connectivity index (χ3v) is 5.54. The van der Waals surface area contributed by atoms with E-state index < -0.39 is 23.3 Å². The van der Waals surface area contributed by atoms with Crippen molar-refractivity contribution in [2.24, 2.45) is 11.7 Å². The van der Waals surface area contributed by atoms with Gasteiger partial charge >= 0.3 is 0 Å². The molecule has 3 aromatic carbocycles. The van der Waals surface area contributed by atoms with Crippen LogP contribution in [0.5, 0.6) is 0 Å². The molecule has 0 saturated heterocycles. The van der Waals surface area contributed by atoms with E-state index in [0.717, 1.165) is 16.7 Å². The van der Waals surface area contributed by atoms with Gasteiger partial charge in [-0.1, -0.05) is 97.9 Å². The van der Waals surface area contributed by atoms with Crippen LogP contribution in [-0.2, 0) is 15.0 Å². The molecule has 0 radical (unpaired) electrons. The average Bonchev–Trinajstić information content (AvgIpc) is 2.80. The van der Waals surface area contributed by atoms with Gasteiger partial charge in [0.15, 0.2) is 0 Å². The number of amides is 2. The van der Waals surface area contributed by atoms with Gasteiger partial charge in [0.1, 0.15) is 11.5 Å². The van der Waals surface area contributed by atoms with Gasteiger partial charge < -0.3 is 11.1 Å². The second-order valence-electron chi connectivity index (χ2n) is 7.54. The van der Waals surface area contributed by atoms with Gasteiger partial charge in [-0.15, -0.1) is 0 Å². The van der Waals surface area contributed by atoms with Gasteiger partial charge in [0, 0.05) is 6.42 Å². The van der Waals surface area contributed by atoms with Gasteiger partial charge in [0.25, 0.3) is 0 Å². The summed E-state index contributed by atoms with van der Waals surface area (Å²) in [7, 11) is 0. The molecule has 5 heteroatoms. The summed E-state index contributed by atoms with van der Waals surface area (Å²) in [4.78, 5) is 26.3. The van der Waals surface area contributed by atoms with Crippen molar-refractivity contribution in [3.8, 4) is 6.07 Å². The minimum atomic E-state index is -1.20. The standard InChI is InChI=1S/C26H25N3O2/c1-19(17-18-27)23(24(28)30)29-25(31)26(20-11-5-2-6-12-20,21-13-7-3-8-14-21)22-15-9-4-10-16-22/h2-16,19,23H,17H2,1H3,(H2,28,30)(H,29,31)/t19-,23+/m0/s1. The number of carbonyl (C=O) groups is 2. The molecule has 2 atom stereocenters. The van der Waals surface area contributed by atoms with Crippen molar-refractivity contribution < 1.29 is 9.59 Å². The van der Waals surface area contributed by atoms with Crippen molar-refractivity contribution >= 4 is 11.8 Å². The fraction of sp³-hybridized carbons (Fsp3) is 0.192. The molecule has 31 heavy (non-hydrogen) atoms. The maximum atomic E-state index is 14.1. The first-order chi connectivity index (χ1) is 15.0. The Hall–Kier alpha value is -3.91. The summed E-state index contributed by atoms with van der Waals surface area (Å²) >= 11 is 0. The Bertz CT molecular complexity index is 963. The van der Waals surface area contributed by atoms with Gasteiger partial charge in [-0.3, -0.25) is 9.59 Å². The van der Waals surface area contributed by atoms with Crippen molar-refractivity contribution in [2.75, 3.05) is 0 Å². The summed E-state index contributed by atoms with van der Waals surface area (Å²) in [5.74, 6) is -1.46. The number of primary amides is 1. The minimum Gasteiger partial charge on any atom is -0.368 e. The Morgan fingerprint density at radius 2 is 1.26 bits per heavy atom. The van der Waals surface area contributed by atoms with Crippen LogP contribution >= 0.6 is 0 Å². The van der Waals surface area contributed by atoms with Crippen LogP contribution in [0.3, 0.4) is 0 Å². The smallest absolute Gasteiger partial charge is 0.240 e. The van der Waals surface area contributed by atoms with Gasteiger partial charge in [-0.25, -0.2) is 0 Å². The van der Waals surface area contributed by atoms with Crippen LogP contribution in [0.1, 0.15) is 30.0 Å². The molecule has 0 spiro atoms. The number of hydrogen-bond donors (Lipinski definition) is 2. The van der Waals surface area contributed by atoms with Crippen molar-refractivity contribution in [2.45, 2.75) is 24.8 Å². The van der Waals surface area contributed by atoms with E-state index in [1.54, 1.807) is 6.92 Å². The molecule has 0 bridgehead atoms. The Morgan fingerprint density at radius 3 is 1.58 bits per heavy atom. The first kappa shape index (κ1) is 21.8. The number of nitrogens with two attached hydrogens (primary N) is 1. The number of benzene rings is 3. The highest BCUT2D eigenvalue weighted by Gasteiger charge is 2.45. The quantitative estimate of drug-likeness (QED) is 0.555. The average molecular weight is 412 g/mol. The normalized spacial score (nSPS) is 12.9. The first-order valence-corrected chi connectivity index (χ1v) is 10.2. The lowest BCUT2D eigenvalue weighted by Gasteiger charge is -2.36. The van der Waals surface area contributed by atoms with Crippen LogP contribution in [0.2, 0.25) is 0 Å². The van der Waals surface area contributed by atoms with Gasteiger partial charge in [0.2, 0.25) is 11.8 Å². The fourth-order valence-electron chi connectivity index (χ4n) is 3.96. The summed E-state index contributed by atoms with van der Waals surface area (Å²) in [5, 5.41) is 12.0. The van der Waals surface area contributed by atoms with Crippen LogP contribution in [0, 0.1) is 17.2 Å². The lowest BCUT2D eigenvalue weighted by atomic mass is 9.68. The van der Waals surface area contributed by atoms with E-state index in [9.17, 15) is 9.59 Å². The topological polar surface area (TPSA) is 96.0 Å². The second-order valence-corrected chi connectivity index (χ2v) is 7.54. The lowest BCUT2D eigenvalue weighted by Crippen LogP contribution is -2.55. The maximum Gasteiger partial charge on any atom is 0.240 e. The number of rotatable bonds is 8. The highest BCUT2D eigenvalue weighted by Crippen LogP contribution is 2.39. The predicted molar refractivity (Wildman–Crippen MR) is 120 cm³/mol. The van der Waals surface area contributed by atoms with E-state index in [-0.39, 0.29) is 12.3 Å². The molecule has 0 fully saturated rings. The second kappa shape index (κ2) is 9.73. The number of nitrogens with zero attached hydrogens (tertiary/aromatic N) is 1. The monoisotopic (exact) mass is 411 g/mol. The van der Waals surface area contributed by atoms with E-state index in [4.69, 9.17) is 11.0 Å². The summed E-state index contributed by atoms with van der Waals surface area (Å²) < 4.78 is 0. The number of nitriles is 1. The van der Waals surface area contributed by atoms with E-state index in [2.05, 4.69) is 11.4 Å². The molecule has 0 saturated carbocycles. The molecule has 0 aliphatic carbocycles. The largest absolute Gasteiger partial charge is 0.368 e. The molecule has 3 rings (SSSR count). The zero-order chi connectivity index (χ0) is 22.3. The molecule has 156 valence electrons. The zero-order valence-corrected chi connectivity index (χ0v) is 17.4. The maximum absolute atomic E-state index is 14.1. The number of hydrogen-bond acceptors (Lipinski definition) is 3. The molecule has 0 aliphatic heterocycles. The molecule has 0 aliphatic rings. The van der Waals surface area contributed by atoms with Crippen LogP contribution in [0.25, 0.3) is 0 Å². The van der Waals surface area contributed by atoms with E-state index in [1.807, 2.05) is 91.0 Å². The number of nitrogens with one attached hydrogen (secondary N) is 1. The van der Waals surface area contributed by atoms with Crippen molar-refractivity contribution in [3.63, 3.8) is 0 Å². The van der Waals surface area contributed by atoms with Crippen molar-refractivity contribution in [1.29, 1.82) is 5.26 Å². The van der Waals surface area contributed by atoms with E-state index in [1.165, 1.54) is 0 Å². The lowest BCUT2D eigenvalue weighted by molar-refractivity contribution is -0.130. The zero-order valence-electron chi connectivity index (χ0n) is 17.4. The molecule has 0 heterocycles. The first-order valence-electron chi connectivity index (χ1n) is 10.2. The molecule has 0 unspecified atom stereocenters. The summed E-state index contributed by atoms with van der Waals surface area (Å²) in [5.41, 5.74) is 6.70. The van der Waals surface area contributed by atoms with E-state index in [0.29, 0.717) is 0 Å². The van der Waals surface area contributed by atoms with Crippen LogP contribution < -0.4 is 11.1 Å². The predicted octanol–water partition coefficient (Wildman–Crippen LogP) is 3.54. The van der Waals surface area contributed by atoms with Crippen LogP contribution in [0.15, 0.2) is 91.0 Å². The van der Waals surface area contributed by atoms with Crippen molar-refractivity contribution in [1.82, 2.24) is 5.32 Å². The summed E-state index contributed by atoms with van der Waals surface area (Å²) in [6.45, 7) is 1.73. The molecule has 3 aromatic rings. The molecule has 0 aromatic heterocycles. The third kappa shape index (κ3) is 4.34. The van der Waals surface area contributed by atoms with E-state index >= 15 is 0 Å². The number of carbonyl (C=O) groups excluding carboxylic acids is 2. The summed E-state index contributed by atoms with van der Waals surface area (Å²) in [6, 6.07) is 29.5. The SMILES string of the molecule is C[C@@H](CC#N)[C@@H](NC(=O)C(c1ccccc1)(c1ccccc1)c1ccccc1)C(N)=O. The highest BCUT2D eigenvalue weighted by molar-refractivity contribution is 5.98. The Kier molecular flexibility index (Phi) is 6.84. The summed E-state index contributed by atoms with van der Waals surface area (Å²) in [6.07, 6.45) is 0.100. The highest BCUT2D eigenvalue weighted by atomic mass is 16.2. The third-order valence-electron chi connectivity index (χ3n) is 5.54. The molecule has 3 N–H and O–H groups in total. The molecular weight excluding hydrogens is 386 g/mol. The minimum absolute atomic E-state index is 0.100. The van der Waals surface area contributed by atoms with Gasteiger partial charge in [-0.2, -0.15) is 5.26 Å². The van der Waals surface area contributed by atoms with Crippen LogP contribution in [-0.4, -0.2) is 17.9 Å². The molecule has 5 nitrogen and oxygen atoms in total. The Balaban J connectivity index is 2.24. The Labute approximate surface area is 182 Å². The van der Waals surface area contributed by atoms with Gasteiger partial charge in [0.05, 0.1) is 6.07 Å². The fourth-order valence-corrected chi connectivity index (χ4v) is 3.96.